The van der Waals surface area contributed by atoms with Crippen molar-refractivity contribution < 1.29 is 46.9 Å². The minimum atomic E-state index is -2.11. The summed E-state index contributed by atoms with van der Waals surface area (Å²) in [7, 11) is 2.50. The topological polar surface area (TPSA) is 160 Å². The van der Waals surface area contributed by atoms with Crippen LogP contribution in [0.3, 0.4) is 0 Å². The predicted octanol–water partition coefficient (Wildman–Crippen LogP) is 12.4. The van der Waals surface area contributed by atoms with Crippen LogP contribution in [0, 0.1) is 0 Å². The van der Waals surface area contributed by atoms with Crippen molar-refractivity contribution in [2.24, 2.45) is 0 Å². The molecule has 5 rings (SSSR count). The number of rotatable bonds is 24. The van der Waals surface area contributed by atoms with Gasteiger partial charge in [-0.15, -0.1) is 0 Å². The fourth-order valence-electron chi connectivity index (χ4n) is 8.12. The number of ether oxygens (including phenoxy) is 5. The summed E-state index contributed by atoms with van der Waals surface area (Å²) in [5.41, 5.74) is 9.63. The fraction of sp³-hybridized carbons (Fsp3) is 0.642. The number of anilines is 2. The van der Waals surface area contributed by atoms with Gasteiger partial charge in [0.1, 0.15) is 6.61 Å². The first-order valence-corrected chi connectivity index (χ1v) is 33.3. The Kier molecular flexibility index (Phi) is 20.0. The summed E-state index contributed by atoms with van der Waals surface area (Å²) in [5, 5.41) is 2.96. The maximum Gasteiger partial charge on any atom is 0.411 e. The van der Waals surface area contributed by atoms with E-state index in [9.17, 15) is 14.4 Å². The van der Waals surface area contributed by atoms with E-state index in [2.05, 4.69) is 93.1 Å². The molecule has 2 aliphatic heterocycles. The van der Waals surface area contributed by atoms with Gasteiger partial charge in [-0.25, -0.2) is 4.79 Å². The summed E-state index contributed by atoms with van der Waals surface area (Å²) in [6.45, 7) is 35.2. The number of hydrogen-bond donors (Lipinski definition) is 2. The lowest BCUT2D eigenvalue weighted by Gasteiger charge is -2.39. The minimum absolute atomic E-state index is 0.00842. The number of nitrogens with two attached hydrogens (primary N) is 1. The molecule has 1 aliphatic carbocycles. The number of unbranched alkanes of at least 4 members (excludes halogenated alkanes) is 2. The Morgan fingerprint density at radius 3 is 1.68 bits per heavy atom. The van der Waals surface area contributed by atoms with Gasteiger partial charge in [0, 0.05) is 36.7 Å². The number of carbonyl (C=O) groups is 3. The lowest BCUT2D eigenvalue weighted by atomic mass is 9.85. The lowest BCUT2D eigenvalue weighted by molar-refractivity contribution is 0.0680. The quantitative estimate of drug-likeness (QED) is 0.0336. The summed E-state index contributed by atoms with van der Waals surface area (Å²) >= 11 is 0. The molecule has 396 valence electrons. The van der Waals surface area contributed by atoms with Crippen LogP contribution in [0.4, 0.5) is 16.2 Å². The molecule has 3 amide bonds. The summed E-state index contributed by atoms with van der Waals surface area (Å²) < 4.78 is 42.8. The second-order valence-electron chi connectivity index (χ2n) is 22.3. The third kappa shape index (κ3) is 14.9. The third-order valence-corrected chi connectivity index (χ3v) is 27.2. The van der Waals surface area contributed by atoms with Crippen LogP contribution in [0.1, 0.15) is 121 Å². The normalized spacial score (nSPS) is 18.3. The molecule has 2 heterocycles. The number of nitrogens with zero attached hydrogens (tertiary/aromatic N) is 2. The first-order valence-electron chi connectivity index (χ1n) is 25.2. The molecule has 71 heavy (non-hydrogen) atoms. The SMILES string of the molecule is C=C1C[C@@H](CO[Si](C)(C)C(C)(C)C)N(C(=O)c2cc(OC)c(OCCCCCOc3cc(NC(=O)OCC4(SSCC)CCC4)c(C(=O)N4CC(=C)C[C@H]4CO[Si](C)(C)C(C)(C)C)cc3OC)cc2N)C1. The van der Waals surface area contributed by atoms with E-state index in [1.54, 1.807) is 57.9 Å². The predicted molar refractivity (Wildman–Crippen MR) is 296 cm³/mol. The van der Waals surface area contributed by atoms with Crippen LogP contribution in [0.15, 0.2) is 48.6 Å². The van der Waals surface area contributed by atoms with Gasteiger partial charge >= 0.3 is 6.09 Å². The Hall–Kier alpha value is -3.82. The summed E-state index contributed by atoms with van der Waals surface area (Å²) in [5.74, 6) is 2.12. The lowest BCUT2D eigenvalue weighted by Crippen LogP contribution is -2.46. The van der Waals surface area contributed by atoms with Crippen LogP contribution in [-0.2, 0) is 13.6 Å². The molecule has 2 aromatic rings. The summed E-state index contributed by atoms with van der Waals surface area (Å²) in [6.07, 6.45) is 5.86. The molecule has 14 nitrogen and oxygen atoms in total. The zero-order valence-electron chi connectivity index (χ0n) is 45.1. The van der Waals surface area contributed by atoms with Crippen molar-refractivity contribution in [2.45, 2.75) is 153 Å². The third-order valence-electron chi connectivity index (χ3n) is 14.9. The van der Waals surface area contributed by atoms with Crippen LogP contribution in [0.25, 0.3) is 0 Å². The highest BCUT2D eigenvalue weighted by molar-refractivity contribution is 8.77. The Bertz CT molecular complexity index is 2230. The zero-order chi connectivity index (χ0) is 52.5. The largest absolute Gasteiger partial charge is 0.493 e. The average Bonchev–Trinajstić information content (AvgIpc) is 3.86. The molecule has 0 aromatic heterocycles. The van der Waals surface area contributed by atoms with E-state index in [4.69, 9.17) is 38.3 Å². The van der Waals surface area contributed by atoms with Crippen molar-refractivity contribution in [3.05, 3.63) is 59.7 Å². The standard InChI is InChI=1S/C53H84N4O10S2Si2/c1-16-68-69-53(21-20-22-53)35-65-50(60)55-43-30-47(45(62-11)28-41(43)49(59)57-32-37(3)26-39(57)34-67-71(14,15)52(7,8)9)64-24-19-17-18-23-63-46-29-42(54)40(27-44(46)61-10)48(58)56-31-36(2)25-38(56)33-66-70(12,13)51(4,5)6/h27-30,38-39H,2-3,16-26,31-35,54H2,1,4-15H3,(H,55,60)/t38-,39-/m0/s1. The van der Waals surface area contributed by atoms with Crippen molar-refractivity contribution >= 4 is 67.5 Å². The van der Waals surface area contributed by atoms with E-state index in [0.29, 0.717) is 99.4 Å². The Labute approximate surface area is 434 Å². The molecule has 0 spiro atoms. The number of hydrogen-bond acceptors (Lipinski definition) is 13. The fourth-order valence-corrected chi connectivity index (χ4v) is 12.9. The number of likely N-dealkylation sites (tertiary alicyclic amines) is 2. The number of nitrogen functional groups attached to an aromatic ring is 1. The van der Waals surface area contributed by atoms with Gasteiger partial charge in [-0.2, -0.15) is 0 Å². The number of carbonyl (C=O) groups excluding carboxylic acids is 3. The maximum absolute atomic E-state index is 14.6. The zero-order valence-corrected chi connectivity index (χ0v) is 48.7. The smallest absolute Gasteiger partial charge is 0.411 e. The molecule has 18 heteroatoms. The van der Waals surface area contributed by atoms with Crippen molar-refractivity contribution in [3.63, 3.8) is 0 Å². The Morgan fingerprint density at radius 1 is 0.746 bits per heavy atom. The van der Waals surface area contributed by atoms with Gasteiger partial charge in [0.05, 0.1) is 74.3 Å². The Balaban J connectivity index is 1.23. The molecule has 3 N–H and O–H groups in total. The molecule has 1 saturated carbocycles. The number of amides is 3. The highest BCUT2D eigenvalue weighted by atomic mass is 33.1. The number of methoxy groups -OCH3 is 2. The van der Waals surface area contributed by atoms with Gasteiger partial charge in [-0.1, -0.05) is 101 Å². The molecule has 3 aliphatic rings. The van der Waals surface area contributed by atoms with Gasteiger partial charge < -0.3 is 48.1 Å². The summed E-state index contributed by atoms with van der Waals surface area (Å²) in [6, 6.07) is 6.26. The van der Waals surface area contributed by atoms with Crippen LogP contribution >= 0.6 is 21.6 Å². The van der Waals surface area contributed by atoms with Crippen LogP contribution in [0.5, 0.6) is 23.0 Å². The molecular formula is C53H84N4O10S2Si2. The van der Waals surface area contributed by atoms with Gasteiger partial charge in [0.25, 0.3) is 11.8 Å². The van der Waals surface area contributed by atoms with Gasteiger partial charge in [0.15, 0.2) is 39.6 Å². The van der Waals surface area contributed by atoms with Crippen LogP contribution in [-0.4, -0.2) is 127 Å². The molecule has 0 bridgehead atoms. The highest BCUT2D eigenvalue weighted by Crippen LogP contribution is 2.50. The molecular weight excluding hydrogens is 973 g/mol. The van der Waals surface area contributed by atoms with Gasteiger partial charge in [-0.05, 0) is 93.3 Å². The van der Waals surface area contributed by atoms with Crippen molar-refractivity contribution in [3.8, 4) is 23.0 Å². The van der Waals surface area contributed by atoms with E-state index in [1.807, 2.05) is 4.90 Å². The molecule has 0 radical (unpaired) electrons. The number of benzene rings is 2. The minimum Gasteiger partial charge on any atom is -0.493 e. The van der Waals surface area contributed by atoms with Crippen LogP contribution in [0.2, 0.25) is 36.3 Å². The first kappa shape index (κ1) is 58.1. The summed E-state index contributed by atoms with van der Waals surface area (Å²) in [4.78, 5) is 45.8. The Morgan fingerprint density at radius 2 is 1.23 bits per heavy atom. The molecule has 0 unspecified atom stereocenters. The van der Waals surface area contributed by atoms with Crippen molar-refractivity contribution in [1.82, 2.24) is 9.80 Å². The highest BCUT2D eigenvalue weighted by Gasteiger charge is 2.43. The van der Waals surface area contributed by atoms with E-state index in [1.165, 1.54) is 7.11 Å². The van der Waals surface area contributed by atoms with Crippen molar-refractivity contribution in [2.75, 3.05) is 77.1 Å². The average molecular weight is 1060 g/mol. The van der Waals surface area contributed by atoms with Gasteiger partial charge in [0.2, 0.25) is 0 Å². The monoisotopic (exact) mass is 1060 g/mol. The molecule has 2 atom stereocenters. The van der Waals surface area contributed by atoms with E-state index in [0.717, 1.165) is 42.6 Å². The molecule has 2 saturated heterocycles. The first-order chi connectivity index (χ1) is 33.2. The van der Waals surface area contributed by atoms with E-state index < -0.39 is 22.7 Å². The van der Waals surface area contributed by atoms with E-state index in [-0.39, 0.29) is 56.6 Å². The maximum atomic E-state index is 14.6. The van der Waals surface area contributed by atoms with Gasteiger partial charge in [-0.3, -0.25) is 14.9 Å². The van der Waals surface area contributed by atoms with Crippen LogP contribution < -0.4 is 30.0 Å². The molecule has 3 fully saturated rings. The number of nitrogens with one attached hydrogen (secondary N) is 1. The van der Waals surface area contributed by atoms with E-state index >= 15 is 0 Å². The second kappa shape index (κ2) is 24.5. The molecule has 2 aromatic carbocycles. The van der Waals surface area contributed by atoms with Crippen molar-refractivity contribution in [1.29, 1.82) is 0 Å². The second-order valence-corrected chi connectivity index (χ2v) is 35.0.